The number of rotatable bonds is 2. The van der Waals surface area contributed by atoms with E-state index in [0.717, 1.165) is 5.56 Å². The standard InChI is InChI=1S/C10H13FO/c1-8-5-4-6-9(7-8)12-10(2,3)11/h4-7H,1-3H3. The Morgan fingerprint density at radius 2 is 2.00 bits per heavy atom. The molecule has 0 aliphatic heterocycles. The van der Waals surface area contributed by atoms with E-state index < -0.39 is 5.85 Å². The minimum absolute atomic E-state index is 0.572. The highest BCUT2D eigenvalue weighted by atomic mass is 19.2. The maximum absolute atomic E-state index is 13.0. The lowest BCUT2D eigenvalue weighted by Gasteiger charge is -2.16. The molecule has 2 heteroatoms. The number of ether oxygens (including phenoxy) is 1. The summed E-state index contributed by atoms with van der Waals surface area (Å²) in [6.07, 6.45) is 0. The van der Waals surface area contributed by atoms with Gasteiger partial charge in [-0.1, -0.05) is 12.1 Å². The molecule has 1 aromatic carbocycles. The van der Waals surface area contributed by atoms with Crippen molar-refractivity contribution in [2.24, 2.45) is 0 Å². The molecule has 0 heterocycles. The molecular weight excluding hydrogens is 155 g/mol. The van der Waals surface area contributed by atoms with E-state index in [9.17, 15) is 4.39 Å². The molecule has 1 aromatic rings. The second-order valence-electron chi connectivity index (χ2n) is 3.28. The highest BCUT2D eigenvalue weighted by Crippen LogP contribution is 2.19. The minimum atomic E-state index is -1.60. The quantitative estimate of drug-likeness (QED) is 0.659. The summed E-state index contributed by atoms with van der Waals surface area (Å²) in [5, 5.41) is 0. The van der Waals surface area contributed by atoms with Crippen LogP contribution in [-0.2, 0) is 0 Å². The molecule has 0 N–H and O–H groups in total. The molecule has 1 rings (SSSR count). The van der Waals surface area contributed by atoms with E-state index in [1.165, 1.54) is 13.8 Å². The third-order valence-corrected chi connectivity index (χ3v) is 1.35. The van der Waals surface area contributed by atoms with E-state index in [4.69, 9.17) is 4.74 Å². The minimum Gasteiger partial charge on any atom is -0.459 e. The Bertz CT molecular complexity index is 263. The van der Waals surface area contributed by atoms with Gasteiger partial charge in [-0.2, -0.15) is 4.39 Å². The molecule has 12 heavy (non-hydrogen) atoms. The van der Waals surface area contributed by atoms with Gasteiger partial charge in [0, 0.05) is 13.8 Å². The van der Waals surface area contributed by atoms with Gasteiger partial charge in [-0.15, -0.1) is 0 Å². The van der Waals surface area contributed by atoms with Crippen LogP contribution in [0.4, 0.5) is 4.39 Å². The van der Waals surface area contributed by atoms with Gasteiger partial charge in [-0.25, -0.2) is 0 Å². The first-order valence-electron chi connectivity index (χ1n) is 3.92. The average molecular weight is 168 g/mol. The molecular formula is C10H13FO. The molecule has 66 valence electrons. The van der Waals surface area contributed by atoms with Crippen molar-refractivity contribution in [1.82, 2.24) is 0 Å². The van der Waals surface area contributed by atoms with Crippen LogP contribution >= 0.6 is 0 Å². The summed E-state index contributed by atoms with van der Waals surface area (Å²) < 4.78 is 18.0. The van der Waals surface area contributed by atoms with Crippen molar-refractivity contribution in [2.75, 3.05) is 0 Å². The van der Waals surface area contributed by atoms with Gasteiger partial charge in [0.2, 0.25) is 5.85 Å². The van der Waals surface area contributed by atoms with Crippen molar-refractivity contribution in [2.45, 2.75) is 26.6 Å². The molecule has 0 aliphatic carbocycles. The first-order valence-corrected chi connectivity index (χ1v) is 3.92. The lowest BCUT2D eigenvalue weighted by atomic mass is 10.2. The van der Waals surface area contributed by atoms with Gasteiger partial charge >= 0.3 is 0 Å². The molecule has 1 nitrogen and oxygen atoms in total. The van der Waals surface area contributed by atoms with Gasteiger partial charge in [0.15, 0.2) is 0 Å². The van der Waals surface area contributed by atoms with Crippen molar-refractivity contribution in [3.05, 3.63) is 29.8 Å². The smallest absolute Gasteiger partial charge is 0.242 e. The zero-order chi connectivity index (χ0) is 9.19. The van der Waals surface area contributed by atoms with E-state index in [1.54, 1.807) is 12.1 Å². The molecule has 0 saturated carbocycles. The zero-order valence-electron chi connectivity index (χ0n) is 7.60. The number of halogens is 1. The molecule has 0 spiro atoms. The Kier molecular flexibility index (Phi) is 2.36. The lowest BCUT2D eigenvalue weighted by molar-refractivity contribution is -0.0257. The third kappa shape index (κ3) is 2.91. The van der Waals surface area contributed by atoms with Gasteiger partial charge in [-0.05, 0) is 24.6 Å². The molecule has 0 atom stereocenters. The first kappa shape index (κ1) is 9.04. The van der Waals surface area contributed by atoms with E-state index in [1.807, 2.05) is 19.1 Å². The second kappa shape index (κ2) is 3.13. The van der Waals surface area contributed by atoms with Gasteiger partial charge in [-0.3, -0.25) is 0 Å². The number of benzene rings is 1. The van der Waals surface area contributed by atoms with Crippen LogP contribution in [0.2, 0.25) is 0 Å². The van der Waals surface area contributed by atoms with Gasteiger partial charge < -0.3 is 4.74 Å². The topological polar surface area (TPSA) is 9.23 Å². The summed E-state index contributed by atoms with van der Waals surface area (Å²) in [7, 11) is 0. The summed E-state index contributed by atoms with van der Waals surface area (Å²) >= 11 is 0. The van der Waals surface area contributed by atoms with Crippen LogP contribution in [0.1, 0.15) is 19.4 Å². The van der Waals surface area contributed by atoms with Crippen molar-refractivity contribution < 1.29 is 9.13 Å². The molecule has 0 amide bonds. The fraction of sp³-hybridized carbons (Fsp3) is 0.400. The normalized spacial score (nSPS) is 11.3. The molecule has 0 saturated heterocycles. The Morgan fingerprint density at radius 1 is 1.33 bits per heavy atom. The molecule has 0 bridgehead atoms. The van der Waals surface area contributed by atoms with Crippen LogP contribution in [-0.4, -0.2) is 5.85 Å². The van der Waals surface area contributed by atoms with Crippen LogP contribution in [0.25, 0.3) is 0 Å². The van der Waals surface area contributed by atoms with Gasteiger partial charge in [0.1, 0.15) is 5.75 Å². The van der Waals surface area contributed by atoms with Crippen molar-refractivity contribution in [3.63, 3.8) is 0 Å². The molecule has 0 unspecified atom stereocenters. The first-order chi connectivity index (χ1) is 5.47. The van der Waals surface area contributed by atoms with Crippen LogP contribution < -0.4 is 4.74 Å². The third-order valence-electron chi connectivity index (χ3n) is 1.35. The maximum Gasteiger partial charge on any atom is 0.242 e. The fourth-order valence-electron chi connectivity index (χ4n) is 0.959. The summed E-state index contributed by atoms with van der Waals surface area (Å²) in [4.78, 5) is 0. The van der Waals surface area contributed by atoms with Crippen molar-refractivity contribution in [3.8, 4) is 5.75 Å². The molecule has 0 radical (unpaired) electrons. The van der Waals surface area contributed by atoms with E-state index in [2.05, 4.69) is 0 Å². The maximum atomic E-state index is 13.0. The SMILES string of the molecule is Cc1cccc(OC(C)(C)F)c1. The lowest BCUT2D eigenvalue weighted by Crippen LogP contribution is -2.20. The Labute approximate surface area is 72.2 Å². The zero-order valence-corrected chi connectivity index (χ0v) is 7.60. The average Bonchev–Trinajstić information content (AvgIpc) is 1.82. The van der Waals surface area contributed by atoms with Crippen LogP contribution in [0.3, 0.4) is 0 Å². The largest absolute Gasteiger partial charge is 0.459 e. The van der Waals surface area contributed by atoms with E-state index >= 15 is 0 Å². The molecule has 0 aliphatic rings. The summed E-state index contributed by atoms with van der Waals surface area (Å²) in [5.41, 5.74) is 1.07. The van der Waals surface area contributed by atoms with Crippen molar-refractivity contribution >= 4 is 0 Å². The van der Waals surface area contributed by atoms with Gasteiger partial charge in [0.05, 0.1) is 0 Å². The molecule has 0 aromatic heterocycles. The molecule has 0 fully saturated rings. The Balaban J connectivity index is 2.77. The van der Waals surface area contributed by atoms with Gasteiger partial charge in [0.25, 0.3) is 0 Å². The predicted octanol–water partition coefficient (Wildman–Crippen LogP) is 3.08. The number of aryl methyl sites for hydroxylation is 1. The monoisotopic (exact) mass is 168 g/mol. The van der Waals surface area contributed by atoms with E-state index in [-0.39, 0.29) is 0 Å². The Hall–Kier alpha value is -1.05. The van der Waals surface area contributed by atoms with Crippen LogP contribution in [0.5, 0.6) is 5.75 Å². The van der Waals surface area contributed by atoms with Crippen LogP contribution in [0, 0.1) is 6.92 Å². The highest BCUT2D eigenvalue weighted by molar-refractivity contribution is 5.27. The Morgan fingerprint density at radius 3 is 2.50 bits per heavy atom. The van der Waals surface area contributed by atoms with Crippen LogP contribution in [0.15, 0.2) is 24.3 Å². The highest BCUT2D eigenvalue weighted by Gasteiger charge is 2.16. The number of hydrogen-bond acceptors (Lipinski definition) is 1. The summed E-state index contributed by atoms with van der Waals surface area (Å²) in [6.45, 7) is 4.71. The predicted molar refractivity (Wildman–Crippen MR) is 47.0 cm³/mol. The summed E-state index contributed by atoms with van der Waals surface area (Å²) in [6, 6.07) is 7.34. The number of alkyl halides is 1. The number of hydrogen-bond donors (Lipinski definition) is 0. The summed E-state index contributed by atoms with van der Waals surface area (Å²) in [5.74, 6) is -1.03. The van der Waals surface area contributed by atoms with Crippen molar-refractivity contribution in [1.29, 1.82) is 0 Å². The fourth-order valence-corrected chi connectivity index (χ4v) is 0.959. The second-order valence-corrected chi connectivity index (χ2v) is 3.28. The van der Waals surface area contributed by atoms with E-state index in [0.29, 0.717) is 5.75 Å².